The van der Waals surface area contributed by atoms with Crippen LogP contribution in [0.2, 0.25) is 10.0 Å². The standard InChI is InChI=1S/C16H14Cl2FN4O2P/c1-8-12(17)13(18)15-11(22-8)4-10(19)14(23-15)9-5-20-16(21-6-9)25-7-26(2,3)24/h4-6H,7H2,1-3H3. The highest BCUT2D eigenvalue weighted by molar-refractivity contribution is 7.62. The molecule has 0 radical (unpaired) electrons. The molecule has 0 atom stereocenters. The molecule has 0 aliphatic rings. The van der Waals surface area contributed by atoms with Gasteiger partial charge in [0.05, 0.1) is 21.3 Å². The molecule has 0 aliphatic heterocycles. The van der Waals surface area contributed by atoms with Crippen LogP contribution in [-0.2, 0) is 4.57 Å². The quantitative estimate of drug-likeness (QED) is 0.570. The fraction of sp³-hybridized carbons (Fsp3) is 0.250. The van der Waals surface area contributed by atoms with Crippen LogP contribution < -0.4 is 4.74 Å². The Morgan fingerprint density at radius 1 is 1.15 bits per heavy atom. The highest BCUT2D eigenvalue weighted by Gasteiger charge is 2.16. The third kappa shape index (κ3) is 3.95. The summed E-state index contributed by atoms with van der Waals surface area (Å²) in [5.41, 5.74) is 1.44. The third-order valence-corrected chi connectivity index (χ3v) is 5.05. The fourth-order valence-electron chi connectivity index (χ4n) is 2.15. The molecule has 10 heteroatoms. The van der Waals surface area contributed by atoms with Crippen LogP contribution in [0.3, 0.4) is 0 Å². The molecule has 0 aromatic carbocycles. The Morgan fingerprint density at radius 3 is 2.42 bits per heavy atom. The van der Waals surface area contributed by atoms with E-state index in [1.165, 1.54) is 18.5 Å². The molecule has 3 aromatic heterocycles. The number of nitrogens with zero attached hydrogens (tertiary/aromatic N) is 4. The lowest BCUT2D eigenvalue weighted by Crippen LogP contribution is -2.02. The van der Waals surface area contributed by atoms with E-state index in [2.05, 4.69) is 19.9 Å². The number of aryl methyl sites for hydroxylation is 1. The molecule has 0 fully saturated rings. The lowest BCUT2D eigenvalue weighted by Gasteiger charge is -2.09. The van der Waals surface area contributed by atoms with Gasteiger partial charge in [-0.2, -0.15) is 0 Å². The average Bonchev–Trinajstić information content (AvgIpc) is 2.58. The Labute approximate surface area is 159 Å². The minimum Gasteiger partial charge on any atom is -0.456 e. The summed E-state index contributed by atoms with van der Waals surface area (Å²) in [6, 6.07) is 1.29. The number of fused-ring (bicyclic) bond motifs is 1. The van der Waals surface area contributed by atoms with Crippen LogP contribution in [0.15, 0.2) is 18.5 Å². The van der Waals surface area contributed by atoms with Crippen molar-refractivity contribution in [3.8, 4) is 17.3 Å². The van der Waals surface area contributed by atoms with Gasteiger partial charge in [-0.05, 0) is 20.3 Å². The highest BCUT2D eigenvalue weighted by atomic mass is 35.5. The van der Waals surface area contributed by atoms with Crippen LogP contribution in [0, 0.1) is 12.7 Å². The molecule has 26 heavy (non-hydrogen) atoms. The van der Waals surface area contributed by atoms with Crippen molar-refractivity contribution in [1.82, 2.24) is 19.9 Å². The molecule has 0 N–H and O–H groups in total. The van der Waals surface area contributed by atoms with Crippen molar-refractivity contribution in [3.05, 3.63) is 40.0 Å². The minimum absolute atomic E-state index is 0.0179. The SMILES string of the molecule is Cc1nc2cc(F)c(-c3cnc(OCP(C)(C)=O)nc3)nc2c(Cl)c1Cl. The van der Waals surface area contributed by atoms with Crippen molar-refractivity contribution >= 4 is 41.4 Å². The van der Waals surface area contributed by atoms with E-state index in [0.29, 0.717) is 16.8 Å². The first-order chi connectivity index (χ1) is 12.2. The molecule has 3 aromatic rings. The molecule has 0 unspecified atom stereocenters. The van der Waals surface area contributed by atoms with E-state index in [1.54, 1.807) is 20.3 Å². The normalized spacial score (nSPS) is 11.8. The van der Waals surface area contributed by atoms with Crippen LogP contribution in [-0.4, -0.2) is 39.6 Å². The van der Waals surface area contributed by atoms with Crippen LogP contribution in [0.4, 0.5) is 4.39 Å². The van der Waals surface area contributed by atoms with Crippen molar-refractivity contribution in [2.45, 2.75) is 6.92 Å². The lowest BCUT2D eigenvalue weighted by atomic mass is 10.2. The molecule has 136 valence electrons. The van der Waals surface area contributed by atoms with Gasteiger partial charge < -0.3 is 9.30 Å². The molecule has 3 rings (SSSR count). The van der Waals surface area contributed by atoms with Crippen LogP contribution in [0.5, 0.6) is 6.01 Å². The second-order valence-corrected chi connectivity index (χ2v) is 10.3. The van der Waals surface area contributed by atoms with Gasteiger partial charge in [0.25, 0.3) is 0 Å². The van der Waals surface area contributed by atoms with Gasteiger partial charge in [-0.3, -0.25) is 0 Å². The molecular formula is C16H14Cl2FN4O2P. The highest BCUT2D eigenvalue weighted by Crippen LogP contribution is 2.36. The largest absolute Gasteiger partial charge is 0.456 e. The zero-order valence-corrected chi connectivity index (χ0v) is 16.5. The Balaban J connectivity index is 2.00. The molecular weight excluding hydrogens is 401 g/mol. The summed E-state index contributed by atoms with van der Waals surface area (Å²) in [7, 11) is -2.36. The van der Waals surface area contributed by atoms with Crippen LogP contribution >= 0.6 is 30.3 Å². The van der Waals surface area contributed by atoms with Gasteiger partial charge in [-0.15, -0.1) is 0 Å². The Kier molecular flexibility index (Phi) is 5.15. The molecule has 3 heterocycles. The second-order valence-electron chi connectivity index (χ2n) is 6.11. The molecule has 0 amide bonds. The van der Waals surface area contributed by atoms with E-state index in [0.717, 1.165) is 0 Å². The number of halogens is 3. The molecule has 0 saturated carbocycles. The monoisotopic (exact) mass is 414 g/mol. The summed E-state index contributed by atoms with van der Waals surface area (Å²) >= 11 is 12.3. The first-order valence-corrected chi connectivity index (χ1v) is 11.0. The predicted octanol–water partition coefficient (Wildman–Crippen LogP) is 4.80. The summed E-state index contributed by atoms with van der Waals surface area (Å²) in [6.07, 6.45) is 2.76. The maximum Gasteiger partial charge on any atom is 0.316 e. The van der Waals surface area contributed by atoms with Gasteiger partial charge in [0.2, 0.25) is 0 Å². The second kappa shape index (κ2) is 7.06. The van der Waals surface area contributed by atoms with Crippen molar-refractivity contribution < 1.29 is 13.7 Å². The smallest absolute Gasteiger partial charge is 0.316 e. The summed E-state index contributed by atoms with van der Waals surface area (Å²) in [5.74, 6) is -0.591. The zero-order chi connectivity index (χ0) is 19.1. The van der Waals surface area contributed by atoms with E-state index in [9.17, 15) is 8.96 Å². The van der Waals surface area contributed by atoms with Crippen LogP contribution in [0.1, 0.15) is 5.69 Å². The summed E-state index contributed by atoms with van der Waals surface area (Å²) in [5, 5.41) is 0.478. The van der Waals surface area contributed by atoms with Gasteiger partial charge in [0.1, 0.15) is 24.7 Å². The number of rotatable bonds is 4. The van der Waals surface area contributed by atoms with E-state index >= 15 is 0 Å². The Hall–Kier alpha value is -1.82. The lowest BCUT2D eigenvalue weighted by molar-refractivity contribution is 0.348. The average molecular weight is 415 g/mol. The van der Waals surface area contributed by atoms with Gasteiger partial charge in [0, 0.05) is 24.0 Å². The first-order valence-electron chi connectivity index (χ1n) is 7.47. The van der Waals surface area contributed by atoms with Gasteiger partial charge in [0.15, 0.2) is 5.82 Å². The molecule has 0 bridgehead atoms. The van der Waals surface area contributed by atoms with Crippen molar-refractivity contribution in [2.75, 3.05) is 19.7 Å². The number of aromatic nitrogens is 4. The van der Waals surface area contributed by atoms with Crippen LogP contribution in [0.25, 0.3) is 22.3 Å². The van der Waals surface area contributed by atoms with Gasteiger partial charge >= 0.3 is 6.01 Å². The maximum absolute atomic E-state index is 14.5. The van der Waals surface area contributed by atoms with Crippen molar-refractivity contribution in [1.29, 1.82) is 0 Å². The summed E-state index contributed by atoms with van der Waals surface area (Å²) in [4.78, 5) is 16.4. The zero-order valence-electron chi connectivity index (χ0n) is 14.1. The van der Waals surface area contributed by atoms with Gasteiger partial charge in [-0.25, -0.2) is 24.3 Å². The number of hydrogen-bond acceptors (Lipinski definition) is 6. The molecule has 0 aliphatic carbocycles. The van der Waals surface area contributed by atoms with Crippen molar-refractivity contribution in [3.63, 3.8) is 0 Å². The van der Waals surface area contributed by atoms with E-state index < -0.39 is 13.0 Å². The van der Waals surface area contributed by atoms with Crippen molar-refractivity contribution in [2.24, 2.45) is 0 Å². The Bertz CT molecular complexity index is 1040. The number of ether oxygens (including phenoxy) is 1. The molecule has 6 nitrogen and oxygen atoms in total. The number of pyridine rings is 2. The van der Waals surface area contributed by atoms with E-state index in [1.807, 2.05) is 0 Å². The van der Waals surface area contributed by atoms with Gasteiger partial charge in [-0.1, -0.05) is 23.2 Å². The summed E-state index contributed by atoms with van der Waals surface area (Å²) in [6.45, 7) is 4.87. The van der Waals surface area contributed by atoms with E-state index in [4.69, 9.17) is 27.9 Å². The molecule has 0 spiro atoms. The maximum atomic E-state index is 14.5. The minimum atomic E-state index is -2.36. The first kappa shape index (κ1) is 19.0. The number of hydrogen-bond donors (Lipinski definition) is 0. The topological polar surface area (TPSA) is 77.9 Å². The third-order valence-electron chi connectivity index (χ3n) is 3.37. The summed E-state index contributed by atoms with van der Waals surface area (Å²) < 4.78 is 31.4. The molecule has 0 saturated heterocycles. The van der Waals surface area contributed by atoms with E-state index in [-0.39, 0.29) is 33.6 Å². The predicted molar refractivity (Wildman–Crippen MR) is 100 cm³/mol. The fourth-order valence-corrected chi connectivity index (χ4v) is 2.98. The Morgan fingerprint density at radius 2 is 1.81 bits per heavy atom.